The summed E-state index contributed by atoms with van der Waals surface area (Å²) in [7, 11) is 0. The molecule has 1 fully saturated rings. The van der Waals surface area contributed by atoms with E-state index < -0.39 is 0 Å². The van der Waals surface area contributed by atoms with Crippen molar-refractivity contribution in [2.45, 2.75) is 38.4 Å². The maximum atomic E-state index is 12.3. The van der Waals surface area contributed by atoms with Gasteiger partial charge in [0.25, 0.3) is 0 Å². The molecule has 3 heteroatoms. The number of nitrogens with zero attached hydrogens (tertiary/aromatic N) is 1. The standard InChI is InChI=1S/C17H21NO2/c1-3-20-17(19)16-14-9-10-15(11-14)18(16)12(2)13-7-5-4-6-8-13/h4-10,12,14-16H,3,11H2,1-2H3/t12-,14-,15+,16-/m0/s1. The van der Waals surface area contributed by atoms with Gasteiger partial charge in [-0.1, -0.05) is 42.5 Å². The predicted octanol–water partition coefficient (Wildman–Crippen LogP) is 2.94. The minimum Gasteiger partial charge on any atom is -0.465 e. The van der Waals surface area contributed by atoms with E-state index in [-0.39, 0.29) is 18.1 Å². The molecule has 1 aromatic carbocycles. The number of hydrogen-bond donors (Lipinski definition) is 0. The van der Waals surface area contributed by atoms with Gasteiger partial charge in [0, 0.05) is 18.0 Å². The van der Waals surface area contributed by atoms with E-state index >= 15 is 0 Å². The normalized spacial score (nSPS) is 29.6. The third-order valence-electron chi connectivity index (χ3n) is 4.46. The topological polar surface area (TPSA) is 29.5 Å². The Bertz CT molecular complexity index is 511. The Kier molecular flexibility index (Phi) is 3.62. The highest BCUT2D eigenvalue weighted by atomic mass is 16.5. The van der Waals surface area contributed by atoms with Gasteiger partial charge in [-0.2, -0.15) is 0 Å². The minimum absolute atomic E-state index is 0.0767. The number of benzene rings is 1. The lowest BCUT2D eigenvalue weighted by Crippen LogP contribution is -2.46. The van der Waals surface area contributed by atoms with Gasteiger partial charge in [0.15, 0.2) is 0 Å². The summed E-state index contributed by atoms with van der Waals surface area (Å²) in [6, 6.07) is 10.8. The minimum atomic E-state index is -0.125. The summed E-state index contributed by atoms with van der Waals surface area (Å²) in [6.45, 7) is 4.49. The van der Waals surface area contributed by atoms with Gasteiger partial charge >= 0.3 is 5.97 Å². The van der Waals surface area contributed by atoms with Crippen LogP contribution in [0, 0.1) is 5.92 Å². The van der Waals surface area contributed by atoms with E-state index in [1.165, 1.54) is 5.56 Å². The van der Waals surface area contributed by atoms with E-state index in [1.807, 2.05) is 13.0 Å². The van der Waals surface area contributed by atoms with Crippen molar-refractivity contribution in [3.8, 4) is 0 Å². The number of ether oxygens (including phenoxy) is 1. The predicted molar refractivity (Wildman–Crippen MR) is 78.2 cm³/mol. The molecular formula is C17H21NO2. The van der Waals surface area contributed by atoms with Crippen LogP contribution in [0.5, 0.6) is 0 Å². The van der Waals surface area contributed by atoms with E-state index in [0.29, 0.717) is 18.6 Å². The maximum Gasteiger partial charge on any atom is 0.323 e. The van der Waals surface area contributed by atoms with Crippen molar-refractivity contribution in [3.05, 3.63) is 48.0 Å². The van der Waals surface area contributed by atoms with E-state index in [9.17, 15) is 4.79 Å². The van der Waals surface area contributed by atoms with E-state index in [0.717, 1.165) is 6.42 Å². The fourth-order valence-electron chi connectivity index (χ4n) is 3.55. The zero-order valence-corrected chi connectivity index (χ0v) is 12.0. The van der Waals surface area contributed by atoms with Crippen molar-refractivity contribution in [2.24, 2.45) is 5.92 Å². The van der Waals surface area contributed by atoms with Crippen molar-refractivity contribution < 1.29 is 9.53 Å². The van der Waals surface area contributed by atoms with Gasteiger partial charge in [-0.15, -0.1) is 0 Å². The number of likely N-dealkylation sites (tertiary alicyclic amines) is 1. The summed E-state index contributed by atoms with van der Waals surface area (Å²) in [4.78, 5) is 14.6. The van der Waals surface area contributed by atoms with Crippen LogP contribution in [-0.2, 0) is 9.53 Å². The smallest absolute Gasteiger partial charge is 0.323 e. The zero-order chi connectivity index (χ0) is 14.1. The molecule has 20 heavy (non-hydrogen) atoms. The molecule has 1 saturated heterocycles. The van der Waals surface area contributed by atoms with Crippen LogP contribution in [-0.4, -0.2) is 29.6 Å². The Hall–Kier alpha value is -1.61. The van der Waals surface area contributed by atoms with Crippen molar-refractivity contribution in [1.82, 2.24) is 4.90 Å². The molecule has 3 rings (SSSR count). The monoisotopic (exact) mass is 271 g/mol. The summed E-state index contributed by atoms with van der Waals surface area (Å²) in [5.74, 6) is 0.234. The average molecular weight is 271 g/mol. The van der Waals surface area contributed by atoms with E-state index in [4.69, 9.17) is 4.74 Å². The molecule has 106 valence electrons. The highest BCUT2D eigenvalue weighted by Gasteiger charge is 2.49. The number of carbonyl (C=O) groups excluding carboxylic acids is 1. The van der Waals surface area contributed by atoms with Crippen LogP contribution >= 0.6 is 0 Å². The van der Waals surface area contributed by atoms with Gasteiger partial charge in [-0.25, -0.2) is 0 Å². The molecular weight excluding hydrogens is 250 g/mol. The first-order valence-electron chi connectivity index (χ1n) is 7.39. The summed E-state index contributed by atoms with van der Waals surface area (Å²) in [6.07, 6.45) is 5.46. The van der Waals surface area contributed by atoms with Crippen LogP contribution in [0.4, 0.5) is 0 Å². The zero-order valence-electron chi connectivity index (χ0n) is 12.0. The number of carbonyl (C=O) groups is 1. The quantitative estimate of drug-likeness (QED) is 0.623. The second kappa shape index (κ2) is 5.41. The van der Waals surface area contributed by atoms with Gasteiger partial charge in [0.1, 0.15) is 6.04 Å². The molecule has 0 amide bonds. The Morgan fingerprint density at radius 1 is 1.35 bits per heavy atom. The molecule has 0 aromatic heterocycles. The van der Waals surface area contributed by atoms with Crippen molar-refractivity contribution in [2.75, 3.05) is 6.61 Å². The lowest BCUT2D eigenvalue weighted by Gasteiger charge is -2.36. The molecule has 1 heterocycles. The Balaban J connectivity index is 1.87. The van der Waals surface area contributed by atoms with Crippen LogP contribution in [0.1, 0.15) is 31.9 Å². The van der Waals surface area contributed by atoms with Crippen molar-refractivity contribution in [1.29, 1.82) is 0 Å². The lowest BCUT2D eigenvalue weighted by atomic mass is 9.99. The van der Waals surface area contributed by atoms with E-state index in [2.05, 4.69) is 48.2 Å². The molecule has 2 bridgehead atoms. The summed E-state index contributed by atoms with van der Waals surface area (Å²) in [5.41, 5.74) is 1.25. The van der Waals surface area contributed by atoms with Gasteiger partial charge in [0.05, 0.1) is 6.61 Å². The van der Waals surface area contributed by atoms with Gasteiger partial charge in [-0.3, -0.25) is 9.69 Å². The summed E-state index contributed by atoms with van der Waals surface area (Å²) < 4.78 is 5.28. The summed E-state index contributed by atoms with van der Waals surface area (Å²) >= 11 is 0. The second-order valence-corrected chi connectivity index (χ2v) is 5.58. The van der Waals surface area contributed by atoms with Gasteiger partial charge in [0.2, 0.25) is 0 Å². The molecule has 1 aromatic rings. The number of hydrogen-bond acceptors (Lipinski definition) is 3. The van der Waals surface area contributed by atoms with Crippen molar-refractivity contribution >= 4 is 5.97 Å². The number of esters is 1. The first kappa shape index (κ1) is 13.4. The fourth-order valence-corrected chi connectivity index (χ4v) is 3.55. The van der Waals surface area contributed by atoms with Gasteiger partial charge in [-0.05, 0) is 25.8 Å². The number of rotatable bonds is 4. The average Bonchev–Trinajstić information content (AvgIpc) is 3.08. The Morgan fingerprint density at radius 3 is 2.80 bits per heavy atom. The molecule has 3 nitrogen and oxygen atoms in total. The molecule has 1 aliphatic carbocycles. The first-order chi connectivity index (χ1) is 9.72. The molecule has 0 N–H and O–H groups in total. The van der Waals surface area contributed by atoms with E-state index in [1.54, 1.807) is 0 Å². The third-order valence-corrected chi connectivity index (χ3v) is 4.46. The van der Waals surface area contributed by atoms with Crippen LogP contribution in [0.2, 0.25) is 0 Å². The molecule has 0 radical (unpaired) electrons. The molecule has 2 aliphatic rings. The maximum absolute atomic E-state index is 12.3. The molecule has 0 saturated carbocycles. The SMILES string of the molecule is CCOC(=O)[C@@H]1[C@H]2C=C[C@H](C2)N1[C@@H](C)c1ccccc1. The van der Waals surface area contributed by atoms with Gasteiger partial charge < -0.3 is 4.74 Å². The van der Waals surface area contributed by atoms with Crippen LogP contribution < -0.4 is 0 Å². The number of fused-ring (bicyclic) bond motifs is 2. The van der Waals surface area contributed by atoms with Crippen LogP contribution in [0.3, 0.4) is 0 Å². The highest BCUT2D eigenvalue weighted by molar-refractivity contribution is 5.77. The first-order valence-corrected chi connectivity index (χ1v) is 7.39. The lowest BCUT2D eigenvalue weighted by molar-refractivity contribution is -0.150. The highest BCUT2D eigenvalue weighted by Crippen LogP contribution is 2.42. The molecule has 1 aliphatic heterocycles. The Labute approximate surface area is 120 Å². The molecule has 4 atom stereocenters. The van der Waals surface area contributed by atoms with Crippen LogP contribution in [0.25, 0.3) is 0 Å². The fraction of sp³-hybridized carbons (Fsp3) is 0.471. The van der Waals surface area contributed by atoms with Crippen molar-refractivity contribution in [3.63, 3.8) is 0 Å². The van der Waals surface area contributed by atoms with Crippen LogP contribution in [0.15, 0.2) is 42.5 Å². The Morgan fingerprint density at radius 2 is 2.10 bits per heavy atom. The largest absolute Gasteiger partial charge is 0.465 e. The molecule has 0 spiro atoms. The second-order valence-electron chi connectivity index (χ2n) is 5.58. The summed E-state index contributed by atoms with van der Waals surface area (Å²) in [5, 5.41) is 0. The third kappa shape index (κ3) is 2.16. The molecule has 0 unspecified atom stereocenters.